The highest BCUT2D eigenvalue weighted by Crippen LogP contribution is 2.45. The molecular weight excluding hydrogens is 222 g/mol. The van der Waals surface area contributed by atoms with Gasteiger partial charge in [-0.2, -0.15) is 0 Å². The summed E-state index contributed by atoms with van der Waals surface area (Å²) >= 11 is 0. The fourth-order valence-corrected chi connectivity index (χ4v) is 4.14. The molecule has 0 aromatic heterocycles. The van der Waals surface area contributed by atoms with Crippen molar-refractivity contribution in [2.24, 2.45) is 0 Å². The van der Waals surface area contributed by atoms with Crippen LogP contribution in [0.3, 0.4) is 0 Å². The molecule has 15 heavy (non-hydrogen) atoms. The summed E-state index contributed by atoms with van der Waals surface area (Å²) in [6, 6.07) is 20.0. The molecule has 0 saturated heterocycles. The predicted molar refractivity (Wildman–Crippen MR) is 66.7 cm³/mol. The SMILES string of the molecule is O=PP(c1ccccc1)c1ccccc1. The zero-order chi connectivity index (χ0) is 10.5. The van der Waals surface area contributed by atoms with Crippen LogP contribution in [0.1, 0.15) is 0 Å². The van der Waals surface area contributed by atoms with Crippen molar-refractivity contribution in [3.05, 3.63) is 60.7 Å². The molecule has 0 fully saturated rings. The maximum Gasteiger partial charge on any atom is 0.191 e. The standard InChI is InChI=1S/C12H10OP2/c13-14-15(11-7-3-1-4-8-11)12-9-5-2-6-10-12/h1-10H. The molecule has 0 amide bonds. The van der Waals surface area contributed by atoms with E-state index in [1.165, 1.54) is 0 Å². The van der Waals surface area contributed by atoms with Crippen molar-refractivity contribution < 1.29 is 4.57 Å². The molecule has 2 rings (SSSR count). The van der Waals surface area contributed by atoms with E-state index in [9.17, 15) is 4.57 Å². The Labute approximate surface area is 92.0 Å². The molecule has 2 aromatic rings. The number of hydrogen-bond acceptors (Lipinski definition) is 1. The highest BCUT2D eigenvalue weighted by molar-refractivity contribution is 8.23. The van der Waals surface area contributed by atoms with Gasteiger partial charge in [-0.3, -0.25) is 4.57 Å². The smallest absolute Gasteiger partial charge is 0.191 e. The Balaban J connectivity index is 2.38. The largest absolute Gasteiger partial charge is 0.269 e. The molecule has 2 aromatic carbocycles. The van der Waals surface area contributed by atoms with E-state index in [4.69, 9.17) is 0 Å². The van der Waals surface area contributed by atoms with Crippen LogP contribution >= 0.6 is 15.8 Å². The summed E-state index contributed by atoms with van der Waals surface area (Å²) in [6.07, 6.45) is 0. The topological polar surface area (TPSA) is 17.1 Å². The second-order valence-corrected chi connectivity index (χ2v) is 6.57. The minimum atomic E-state index is -0.732. The van der Waals surface area contributed by atoms with Crippen molar-refractivity contribution in [1.29, 1.82) is 0 Å². The molecule has 0 heterocycles. The van der Waals surface area contributed by atoms with Gasteiger partial charge in [0.2, 0.25) is 0 Å². The lowest BCUT2D eigenvalue weighted by molar-refractivity contribution is 0.605. The fraction of sp³-hybridized carbons (Fsp3) is 0. The van der Waals surface area contributed by atoms with Gasteiger partial charge in [0.15, 0.2) is 8.15 Å². The zero-order valence-corrected chi connectivity index (χ0v) is 9.87. The molecule has 0 N–H and O–H groups in total. The Bertz CT molecular complexity index is 388. The highest BCUT2D eigenvalue weighted by Gasteiger charge is 2.12. The van der Waals surface area contributed by atoms with Crippen molar-refractivity contribution in [3.63, 3.8) is 0 Å². The molecule has 0 unspecified atom stereocenters. The second kappa shape index (κ2) is 5.16. The quantitative estimate of drug-likeness (QED) is 0.742. The summed E-state index contributed by atoms with van der Waals surface area (Å²) in [7, 11) is -0.527. The fourth-order valence-electron chi connectivity index (χ4n) is 1.38. The lowest BCUT2D eigenvalue weighted by Gasteiger charge is -2.09. The average Bonchev–Trinajstić information content (AvgIpc) is 2.33. The van der Waals surface area contributed by atoms with Gasteiger partial charge in [-0.25, -0.2) is 0 Å². The molecule has 1 nitrogen and oxygen atoms in total. The Morgan fingerprint density at radius 1 is 0.733 bits per heavy atom. The molecule has 74 valence electrons. The summed E-state index contributed by atoms with van der Waals surface area (Å²) in [5.41, 5.74) is 0. The van der Waals surface area contributed by atoms with Crippen LogP contribution in [0, 0.1) is 0 Å². The number of hydrogen-bond donors (Lipinski definition) is 0. The Hall–Kier alpha value is -1.03. The molecule has 0 bridgehead atoms. The predicted octanol–water partition coefficient (Wildman–Crippen LogP) is 3.33. The van der Waals surface area contributed by atoms with Crippen LogP contribution in [0.5, 0.6) is 0 Å². The van der Waals surface area contributed by atoms with Crippen LogP contribution in [0.15, 0.2) is 60.7 Å². The van der Waals surface area contributed by atoms with Gasteiger partial charge in [0, 0.05) is 0 Å². The van der Waals surface area contributed by atoms with E-state index in [1.807, 2.05) is 60.7 Å². The first-order valence-corrected chi connectivity index (χ1v) is 7.51. The first kappa shape index (κ1) is 10.5. The molecule has 0 spiro atoms. The van der Waals surface area contributed by atoms with E-state index < -0.39 is 7.61 Å². The van der Waals surface area contributed by atoms with Gasteiger partial charge in [-0.15, -0.1) is 0 Å². The average molecular weight is 232 g/mol. The normalized spacial score (nSPS) is 10.7. The lowest BCUT2D eigenvalue weighted by atomic mass is 10.4. The lowest BCUT2D eigenvalue weighted by Crippen LogP contribution is -2.06. The maximum atomic E-state index is 11.2. The molecular formula is C12H10OP2. The Morgan fingerprint density at radius 2 is 1.13 bits per heavy atom. The molecule has 0 aliphatic heterocycles. The van der Waals surface area contributed by atoms with Crippen LogP contribution in [-0.2, 0) is 4.57 Å². The minimum Gasteiger partial charge on any atom is -0.269 e. The van der Waals surface area contributed by atoms with E-state index in [0.29, 0.717) is 0 Å². The van der Waals surface area contributed by atoms with Crippen molar-refractivity contribution in [3.8, 4) is 0 Å². The van der Waals surface area contributed by atoms with E-state index >= 15 is 0 Å². The maximum absolute atomic E-state index is 11.2. The summed E-state index contributed by atoms with van der Waals surface area (Å²) in [4.78, 5) is 0. The van der Waals surface area contributed by atoms with Crippen molar-refractivity contribution in [2.45, 2.75) is 0 Å². The third-order valence-electron chi connectivity index (χ3n) is 2.08. The van der Waals surface area contributed by atoms with Gasteiger partial charge in [-0.1, -0.05) is 60.7 Å². The Morgan fingerprint density at radius 3 is 1.47 bits per heavy atom. The van der Waals surface area contributed by atoms with E-state index in [0.717, 1.165) is 10.6 Å². The third kappa shape index (κ3) is 2.50. The Kier molecular flexibility index (Phi) is 3.61. The first-order chi connectivity index (χ1) is 7.42. The molecule has 0 aliphatic rings. The summed E-state index contributed by atoms with van der Waals surface area (Å²) in [6.45, 7) is 0. The summed E-state index contributed by atoms with van der Waals surface area (Å²) in [5.74, 6) is 0. The molecule has 0 atom stereocenters. The second-order valence-electron chi connectivity index (χ2n) is 3.06. The van der Waals surface area contributed by atoms with Gasteiger partial charge in [0.25, 0.3) is 0 Å². The number of rotatable bonds is 3. The van der Waals surface area contributed by atoms with Gasteiger partial charge >= 0.3 is 0 Å². The summed E-state index contributed by atoms with van der Waals surface area (Å²) in [5, 5.41) is 2.30. The van der Waals surface area contributed by atoms with Crippen molar-refractivity contribution in [2.75, 3.05) is 0 Å². The van der Waals surface area contributed by atoms with Gasteiger partial charge < -0.3 is 0 Å². The van der Waals surface area contributed by atoms with Gasteiger partial charge in [0.05, 0.1) is 7.61 Å². The van der Waals surface area contributed by atoms with E-state index in [1.54, 1.807) is 0 Å². The molecule has 0 radical (unpaired) electrons. The van der Waals surface area contributed by atoms with Crippen LogP contribution in [0.25, 0.3) is 0 Å². The van der Waals surface area contributed by atoms with Crippen LogP contribution in [-0.4, -0.2) is 0 Å². The zero-order valence-electron chi connectivity index (χ0n) is 8.08. The van der Waals surface area contributed by atoms with Crippen molar-refractivity contribution >= 4 is 26.4 Å². The summed E-state index contributed by atoms with van der Waals surface area (Å²) < 4.78 is 11.2. The van der Waals surface area contributed by atoms with Gasteiger partial charge in [-0.05, 0) is 10.6 Å². The molecule has 0 aliphatic carbocycles. The highest BCUT2D eigenvalue weighted by atomic mass is 32.0. The minimum absolute atomic E-state index is 0.205. The van der Waals surface area contributed by atoms with Crippen LogP contribution in [0.2, 0.25) is 0 Å². The monoisotopic (exact) mass is 232 g/mol. The van der Waals surface area contributed by atoms with E-state index in [2.05, 4.69) is 0 Å². The van der Waals surface area contributed by atoms with Gasteiger partial charge in [0.1, 0.15) is 0 Å². The molecule has 3 heteroatoms. The van der Waals surface area contributed by atoms with Crippen molar-refractivity contribution in [1.82, 2.24) is 0 Å². The molecule has 0 saturated carbocycles. The van der Waals surface area contributed by atoms with Crippen LogP contribution in [0.4, 0.5) is 0 Å². The van der Waals surface area contributed by atoms with E-state index in [-0.39, 0.29) is 8.15 Å². The van der Waals surface area contributed by atoms with Crippen LogP contribution < -0.4 is 10.6 Å². The first-order valence-electron chi connectivity index (χ1n) is 4.65. The number of benzene rings is 2. The third-order valence-corrected chi connectivity index (χ3v) is 5.70.